The largest absolute Gasteiger partial charge is 0.527 e. The van der Waals surface area contributed by atoms with Gasteiger partial charge in [0.25, 0.3) is 0 Å². The van der Waals surface area contributed by atoms with Crippen molar-refractivity contribution in [1.29, 1.82) is 0 Å². The van der Waals surface area contributed by atoms with E-state index in [0.29, 0.717) is 24.0 Å². The number of alkyl halides is 3. The van der Waals surface area contributed by atoms with Crippen molar-refractivity contribution >= 4 is 24.6 Å². The lowest BCUT2D eigenvalue weighted by Gasteiger charge is -2.30. The highest BCUT2D eigenvalue weighted by Gasteiger charge is 2.42. The number of phosphoric ester groups is 1. The van der Waals surface area contributed by atoms with Crippen LogP contribution in [-0.2, 0) is 19.4 Å². The number of hydrogen-bond acceptors (Lipinski definition) is 5. The van der Waals surface area contributed by atoms with Crippen molar-refractivity contribution in [3.05, 3.63) is 42.0 Å². The van der Waals surface area contributed by atoms with Crippen molar-refractivity contribution in [2.45, 2.75) is 50.4 Å². The fourth-order valence-electron chi connectivity index (χ4n) is 3.64. The predicted octanol–water partition coefficient (Wildman–Crippen LogP) is 4.15. The summed E-state index contributed by atoms with van der Waals surface area (Å²) < 4.78 is 59.3. The minimum Gasteiger partial charge on any atom is -0.490 e. The Kier molecular flexibility index (Phi) is 6.40. The summed E-state index contributed by atoms with van der Waals surface area (Å²) in [4.78, 5) is 29.7. The Morgan fingerprint density at radius 3 is 2.23 bits per heavy atom. The molecule has 31 heavy (non-hydrogen) atoms. The minimum absolute atomic E-state index is 0.0465. The topological polar surface area (TPSA) is 119 Å². The summed E-state index contributed by atoms with van der Waals surface area (Å²) in [5.74, 6) is -2.02. The van der Waals surface area contributed by atoms with Gasteiger partial charge >= 0.3 is 20.0 Å². The van der Waals surface area contributed by atoms with Crippen molar-refractivity contribution in [3.8, 4) is 5.75 Å². The quantitative estimate of drug-likeness (QED) is 0.573. The van der Waals surface area contributed by atoms with Gasteiger partial charge in [-0.15, -0.1) is 0 Å². The molecular formula is C20H23F3NO6P. The molecule has 1 atom stereocenters. The molecule has 7 nitrogen and oxygen atoms in total. The second-order valence-electron chi connectivity index (χ2n) is 7.93. The second kappa shape index (κ2) is 8.43. The van der Waals surface area contributed by atoms with Crippen molar-refractivity contribution in [3.63, 3.8) is 0 Å². The summed E-state index contributed by atoms with van der Waals surface area (Å²) in [7, 11) is -5.03. The van der Waals surface area contributed by atoms with E-state index in [1.165, 1.54) is 13.0 Å². The summed E-state index contributed by atoms with van der Waals surface area (Å²) in [5.41, 5.74) is 4.45. The normalized spacial score (nSPS) is 22.0. The Hall–Kier alpha value is -2.13. The molecule has 2 aromatic rings. The Morgan fingerprint density at radius 2 is 1.65 bits per heavy atom. The van der Waals surface area contributed by atoms with Gasteiger partial charge in [0, 0.05) is 0 Å². The number of nitrogens with two attached hydrogens (primary N) is 1. The van der Waals surface area contributed by atoms with Crippen LogP contribution < -0.4 is 10.5 Å². The number of carbonyl (C=O) groups excluding carboxylic acids is 1. The molecule has 0 unspecified atom stereocenters. The van der Waals surface area contributed by atoms with Crippen molar-refractivity contribution in [1.82, 2.24) is 0 Å². The predicted molar refractivity (Wildman–Crippen MR) is 106 cm³/mol. The van der Waals surface area contributed by atoms with Crippen molar-refractivity contribution in [2.75, 3.05) is 0 Å². The van der Waals surface area contributed by atoms with Crippen LogP contribution in [0.2, 0.25) is 0 Å². The zero-order valence-corrected chi connectivity index (χ0v) is 17.5. The highest BCUT2D eigenvalue weighted by atomic mass is 31.2. The third kappa shape index (κ3) is 5.77. The maximum atomic E-state index is 12.8. The Balaban J connectivity index is 1.72. The standard InChI is InChI=1S/C20H23F3NO6P/c1-19(24,18(25)30-31(26,27)28)15-4-2-13-11-17(7-3-12(13)10-15)29-16-8-5-14(6-9-16)20(21,22)23/h2-4,7,10-11,14,16H,5-6,8-9,24H2,1H3,(H2,26,27,28)/t14?,16?,19-/m1/s1. The van der Waals surface area contributed by atoms with Gasteiger partial charge in [-0.1, -0.05) is 18.2 Å². The smallest absolute Gasteiger partial charge is 0.490 e. The number of ether oxygens (including phenoxy) is 1. The van der Waals surface area contributed by atoms with Crippen LogP contribution in [0.1, 0.15) is 38.2 Å². The van der Waals surface area contributed by atoms with Crippen molar-refractivity contribution in [2.24, 2.45) is 11.7 Å². The number of halogens is 3. The number of benzene rings is 2. The zero-order chi connectivity index (χ0) is 23.0. The number of hydrogen-bond donors (Lipinski definition) is 3. The van der Waals surface area contributed by atoms with Crippen LogP contribution in [0.3, 0.4) is 0 Å². The van der Waals surface area contributed by atoms with Crippen LogP contribution in [0.4, 0.5) is 13.2 Å². The molecule has 0 amide bonds. The van der Waals surface area contributed by atoms with E-state index in [4.69, 9.17) is 20.3 Å². The molecule has 1 aliphatic rings. The number of phosphoric acid groups is 1. The number of fused-ring (bicyclic) bond motifs is 1. The van der Waals surface area contributed by atoms with Gasteiger partial charge in [0.1, 0.15) is 11.3 Å². The molecule has 0 radical (unpaired) electrons. The van der Waals surface area contributed by atoms with Gasteiger partial charge in [0.2, 0.25) is 0 Å². The van der Waals surface area contributed by atoms with Gasteiger partial charge in [-0.25, -0.2) is 9.36 Å². The summed E-state index contributed by atoms with van der Waals surface area (Å²) >= 11 is 0. The molecule has 2 aromatic carbocycles. The van der Waals surface area contributed by atoms with Gasteiger partial charge in [-0.2, -0.15) is 13.2 Å². The molecule has 0 aromatic heterocycles. The lowest BCUT2D eigenvalue weighted by atomic mass is 9.87. The van der Waals surface area contributed by atoms with Crippen LogP contribution in [0, 0.1) is 5.92 Å². The highest BCUT2D eigenvalue weighted by molar-refractivity contribution is 7.46. The Labute approximate surface area is 176 Å². The Morgan fingerprint density at radius 1 is 1.06 bits per heavy atom. The maximum Gasteiger partial charge on any atom is 0.527 e. The van der Waals surface area contributed by atoms with E-state index in [9.17, 15) is 22.5 Å². The van der Waals surface area contributed by atoms with Crippen LogP contribution in [0.5, 0.6) is 5.75 Å². The van der Waals surface area contributed by atoms with E-state index in [0.717, 1.165) is 5.39 Å². The Bertz CT molecular complexity index is 1010. The molecule has 0 spiro atoms. The van der Waals surface area contributed by atoms with Gasteiger partial charge in [0.15, 0.2) is 0 Å². The summed E-state index contributed by atoms with van der Waals surface area (Å²) in [5, 5.41) is 1.43. The zero-order valence-electron chi connectivity index (χ0n) is 16.6. The van der Waals surface area contributed by atoms with Gasteiger partial charge < -0.3 is 15.0 Å². The third-order valence-electron chi connectivity index (χ3n) is 5.48. The van der Waals surface area contributed by atoms with E-state index >= 15 is 0 Å². The van der Waals surface area contributed by atoms with E-state index in [2.05, 4.69) is 4.52 Å². The molecule has 0 aliphatic heterocycles. The molecule has 4 N–H and O–H groups in total. The van der Waals surface area contributed by atoms with Gasteiger partial charge in [-0.05, 0) is 67.1 Å². The maximum absolute atomic E-state index is 12.8. The second-order valence-corrected chi connectivity index (χ2v) is 9.09. The fourth-order valence-corrected chi connectivity index (χ4v) is 4.05. The van der Waals surface area contributed by atoms with Gasteiger partial charge in [-0.3, -0.25) is 9.79 Å². The van der Waals surface area contributed by atoms with Gasteiger partial charge in [0.05, 0.1) is 12.0 Å². The fraction of sp³-hybridized carbons (Fsp3) is 0.450. The minimum atomic E-state index is -5.03. The lowest BCUT2D eigenvalue weighted by molar-refractivity contribution is -0.185. The van der Waals surface area contributed by atoms with E-state index in [-0.39, 0.29) is 24.5 Å². The molecule has 1 saturated carbocycles. The molecule has 0 bridgehead atoms. The molecule has 11 heteroatoms. The average Bonchev–Trinajstić information content (AvgIpc) is 2.66. The first-order chi connectivity index (χ1) is 14.3. The molecule has 3 rings (SSSR count). The number of carbonyl (C=O) groups is 1. The van der Waals surface area contributed by atoms with E-state index < -0.39 is 31.4 Å². The first-order valence-corrected chi connectivity index (χ1v) is 11.1. The SMILES string of the molecule is C[C@](N)(C(=O)OP(=O)(O)O)c1ccc2cc(OC3CCC(C(F)(F)F)CC3)ccc2c1. The summed E-state index contributed by atoms with van der Waals surface area (Å²) in [6, 6.07) is 9.89. The van der Waals surface area contributed by atoms with Crippen LogP contribution in [0.15, 0.2) is 36.4 Å². The van der Waals surface area contributed by atoms with E-state index in [1.54, 1.807) is 30.3 Å². The van der Waals surface area contributed by atoms with Crippen LogP contribution in [0.25, 0.3) is 10.8 Å². The number of rotatable bonds is 5. The third-order valence-corrected chi connectivity index (χ3v) is 5.88. The molecule has 1 fully saturated rings. The molecule has 170 valence electrons. The van der Waals surface area contributed by atoms with Crippen molar-refractivity contribution < 1.29 is 41.6 Å². The summed E-state index contributed by atoms with van der Waals surface area (Å²) in [6.07, 6.45) is -3.70. The first kappa shape index (κ1) is 23.5. The average molecular weight is 461 g/mol. The molecule has 1 aliphatic carbocycles. The summed E-state index contributed by atoms with van der Waals surface area (Å²) in [6.45, 7) is 1.28. The first-order valence-electron chi connectivity index (χ1n) is 9.62. The van der Waals surface area contributed by atoms with Crippen LogP contribution in [-0.4, -0.2) is 28.0 Å². The molecular weight excluding hydrogens is 438 g/mol. The monoisotopic (exact) mass is 461 g/mol. The lowest BCUT2D eigenvalue weighted by Crippen LogP contribution is -2.42. The molecule has 0 heterocycles. The highest BCUT2D eigenvalue weighted by Crippen LogP contribution is 2.40. The molecule has 0 saturated heterocycles. The van der Waals surface area contributed by atoms with Crippen LogP contribution >= 0.6 is 7.82 Å². The van der Waals surface area contributed by atoms with E-state index in [1.807, 2.05) is 0 Å².